The molecule has 0 radical (unpaired) electrons. The van der Waals surface area contributed by atoms with Crippen LogP contribution in [0.15, 0.2) is 16.6 Å². The van der Waals surface area contributed by atoms with Gasteiger partial charge in [0.05, 0.1) is 13.2 Å². The number of hydrogen-bond donors (Lipinski definition) is 0. The Bertz CT molecular complexity index is 566. The summed E-state index contributed by atoms with van der Waals surface area (Å²) in [5.41, 5.74) is 1.89. The minimum absolute atomic E-state index is 0.458. The maximum absolute atomic E-state index is 5.34. The average Bonchev–Trinajstić information content (AvgIpc) is 2.86. The molecule has 0 spiro atoms. The number of halogens is 1. The lowest BCUT2D eigenvalue weighted by Crippen LogP contribution is -2.16. The van der Waals surface area contributed by atoms with Crippen LogP contribution in [0, 0.1) is 0 Å². The fourth-order valence-electron chi connectivity index (χ4n) is 2.34. The van der Waals surface area contributed by atoms with Gasteiger partial charge < -0.3 is 4.74 Å². The highest BCUT2D eigenvalue weighted by Crippen LogP contribution is 2.34. The fourth-order valence-corrected chi connectivity index (χ4v) is 3.92. The molecule has 0 amide bonds. The van der Waals surface area contributed by atoms with E-state index in [-0.39, 0.29) is 0 Å². The maximum Gasteiger partial charge on any atom is 0.156 e. The topological polar surface area (TPSA) is 39.9 Å². The van der Waals surface area contributed by atoms with Crippen LogP contribution in [0.25, 0.3) is 11.0 Å². The maximum atomic E-state index is 5.34. The summed E-state index contributed by atoms with van der Waals surface area (Å²) in [4.78, 5) is 0. The van der Waals surface area contributed by atoms with Crippen LogP contribution < -0.4 is 4.74 Å². The fraction of sp³-hybridized carbons (Fsp3) is 0.500. The third-order valence-electron chi connectivity index (χ3n) is 3.29. The van der Waals surface area contributed by atoms with Crippen molar-refractivity contribution in [1.82, 2.24) is 15.0 Å². The Labute approximate surface area is 118 Å². The molecule has 4 nitrogen and oxygen atoms in total. The molecule has 6 heteroatoms. The molecule has 2 heterocycles. The molecule has 1 aromatic heterocycles. The number of benzene rings is 1. The molecule has 1 aromatic carbocycles. The van der Waals surface area contributed by atoms with E-state index in [4.69, 9.17) is 4.74 Å². The molecule has 96 valence electrons. The molecule has 1 aliphatic rings. The normalized spacial score (nSPS) is 17.2. The number of fused-ring (bicyclic) bond motifs is 1. The van der Waals surface area contributed by atoms with Gasteiger partial charge in [0.15, 0.2) is 5.52 Å². The molecule has 0 bridgehead atoms. The molecular formula is C12H14BrN3OS. The van der Waals surface area contributed by atoms with Crippen LogP contribution in [0.3, 0.4) is 0 Å². The van der Waals surface area contributed by atoms with E-state index in [1.807, 2.05) is 23.9 Å². The van der Waals surface area contributed by atoms with Crippen molar-refractivity contribution in [2.24, 2.45) is 0 Å². The number of methoxy groups -OCH3 is 1. The number of rotatable bonds is 2. The lowest BCUT2D eigenvalue weighted by atomic mass is 10.1. The van der Waals surface area contributed by atoms with Crippen molar-refractivity contribution >= 4 is 38.7 Å². The minimum atomic E-state index is 0.458. The highest BCUT2D eigenvalue weighted by Gasteiger charge is 2.21. The number of nitrogens with zero attached hydrogens (tertiary/aromatic N) is 3. The van der Waals surface area contributed by atoms with Gasteiger partial charge in [0.1, 0.15) is 11.3 Å². The van der Waals surface area contributed by atoms with E-state index in [9.17, 15) is 0 Å². The number of aromatic nitrogens is 3. The molecule has 2 aromatic rings. The first-order valence-electron chi connectivity index (χ1n) is 5.96. The molecule has 1 aliphatic heterocycles. The van der Waals surface area contributed by atoms with E-state index in [0.717, 1.165) is 34.1 Å². The Morgan fingerprint density at radius 3 is 2.89 bits per heavy atom. The average molecular weight is 328 g/mol. The van der Waals surface area contributed by atoms with Gasteiger partial charge in [-0.1, -0.05) is 5.21 Å². The van der Waals surface area contributed by atoms with Crippen LogP contribution in [0.1, 0.15) is 18.9 Å². The molecule has 0 atom stereocenters. The molecule has 1 saturated heterocycles. The Kier molecular flexibility index (Phi) is 3.48. The predicted molar refractivity (Wildman–Crippen MR) is 77.4 cm³/mol. The van der Waals surface area contributed by atoms with E-state index < -0.39 is 0 Å². The lowest BCUT2D eigenvalue weighted by molar-refractivity contribution is 0.418. The molecule has 0 saturated carbocycles. The van der Waals surface area contributed by atoms with Gasteiger partial charge in [0, 0.05) is 4.47 Å². The minimum Gasteiger partial charge on any atom is -0.494 e. The monoisotopic (exact) mass is 327 g/mol. The summed E-state index contributed by atoms with van der Waals surface area (Å²) in [6.07, 6.45) is 2.32. The largest absolute Gasteiger partial charge is 0.494 e. The van der Waals surface area contributed by atoms with Gasteiger partial charge in [-0.2, -0.15) is 11.8 Å². The van der Waals surface area contributed by atoms with E-state index in [2.05, 4.69) is 30.9 Å². The zero-order valence-electron chi connectivity index (χ0n) is 10.1. The molecular weight excluding hydrogens is 314 g/mol. The van der Waals surface area contributed by atoms with Crippen LogP contribution in [-0.4, -0.2) is 33.6 Å². The van der Waals surface area contributed by atoms with Crippen LogP contribution in [0.5, 0.6) is 5.75 Å². The van der Waals surface area contributed by atoms with Crippen LogP contribution in [-0.2, 0) is 0 Å². The Balaban J connectivity index is 2.12. The summed E-state index contributed by atoms with van der Waals surface area (Å²) >= 11 is 5.61. The molecule has 1 fully saturated rings. The zero-order chi connectivity index (χ0) is 12.5. The Morgan fingerprint density at radius 2 is 2.17 bits per heavy atom. The smallest absolute Gasteiger partial charge is 0.156 e. The van der Waals surface area contributed by atoms with Crippen molar-refractivity contribution in [1.29, 1.82) is 0 Å². The Morgan fingerprint density at radius 1 is 1.39 bits per heavy atom. The van der Waals surface area contributed by atoms with Crippen LogP contribution in [0.2, 0.25) is 0 Å². The lowest BCUT2D eigenvalue weighted by Gasteiger charge is -2.22. The highest BCUT2D eigenvalue weighted by atomic mass is 79.9. The van der Waals surface area contributed by atoms with Crippen molar-refractivity contribution in [2.75, 3.05) is 18.6 Å². The van der Waals surface area contributed by atoms with E-state index >= 15 is 0 Å². The van der Waals surface area contributed by atoms with Gasteiger partial charge in [-0.15, -0.1) is 5.10 Å². The van der Waals surface area contributed by atoms with Gasteiger partial charge in [0.2, 0.25) is 0 Å². The second-order valence-electron chi connectivity index (χ2n) is 4.32. The van der Waals surface area contributed by atoms with Crippen molar-refractivity contribution < 1.29 is 4.74 Å². The van der Waals surface area contributed by atoms with Gasteiger partial charge in [-0.25, -0.2) is 4.68 Å². The van der Waals surface area contributed by atoms with Gasteiger partial charge in [0.25, 0.3) is 0 Å². The van der Waals surface area contributed by atoms with Crippen molar-refractivity contribution in [3.8, 4) is 5.75 Å². The molecule has 3 rings (SSSR count). The first-order valence-corrected chi connectivity index (χ1v) is 7.91. The predicted octanol–water partition coefficient (Wildman–Crippen LogP) is 3.27. The quantitative estimate of drug-likeness (QED) is 0.848. The first-order chi connectivity index (χ1) is 8.81. The zero-order valence-corrected chi connectivity index (χ0v) is 12.5. The van der Waals surface area contributed by atoms with Crippen LogP contribution >= 0.6 is 27.7 Å². The third-order valence-corrected chi connectivity index (χ3v) is 4.98. The highest BCUT2D eigenvalue weighted by molar-refractivity contribution is 9.10. The molecule has 0 aliphatic carbocycles. The third kappa shape index (κ3) is 2.01. The van der Waals surface area contributed by atoms with E-state index in [1.165, 1.54) is 11.5 Å². The van der Waals surface area contributed by atoms with Crippen molar-refractivity contribution in [3.63, 3.8) is 0 Å². The van der Waals surface area contributed by atoms with E-state index in [1.54, 1.807) is 7.11 Å². The summed E-state index contributed by atoms with van der Waals surface area (Å²) in [6.45, 7) is 0. The first kappa shape index (κ1) is 12.3. The van der Waals surface area contributed by atoms with Crippen LogP contribution in [0.4, 0.5) is 0 Å². The number of ether oxygens (including phenoxy) is 1. The summed E-state index contributed by atoms with van der Waals surface area (Å²) < 4.78 is 8.43. The SMILES string of the molecule is COc1ccc(Br)c2c1nnn2C1CCSCC1. The number of thioether (sulfide) groups is 1. The molecule has 0 N–H and O–H groups in total. The van der Waals surface area contributed by atoms with E-state index in [0.29, 0.717) is 6.04 Å². The van der Waals surface area contributed by atoms with Crippen molar-refractivity contribution in [3.05, 3.63) is 16.6 Å². The second-order valence-corrected chi connectivity index (χ2v) is 6.40. The summed E-state index contributed by atoms with van der Waals surface area (Å²) in [5, 5.41) is 8.61. The molecule has 18 heavy (non-hydrogen) atoms. The van der Waals surface area contributed by atoms with Gasteiger partial charge >= 0.3 is 0 Å². The molecule has 0 unspecified atom stereocenters. The Hall–Kier alpha value is -0.750. The number of hydrogen-bond acceptors (Lipinski definition) is 4. The van der Waals surface area contributed by atoms with Gasteiger partial charge in [-0.05, 0) is 52.4 Å². The summed E-state index contributed by atoms with van der Waals surface area (Å²) in [6, 6.07) is 4.38. The second kappa shape index (κ2) is 5.09. The summed E-state index contributed by atoms with van der Waals surface area (Å²) in [7, 11) is 1.67. The standard InChI is InChI=1S/C12H14BrN3OS/c1-17-10-3-2-9(13)12-11(10)14-15-16(12)8-4-6-18-7-5-8/h2-3,8H,4-7H2,1H3. The van der Waals surface area contributed by atoms with Crippen molar-refractivity contribution in [2.45, 2.75) is 18.9 Å². The summed E-state index contributed by atoms with van der Waals surface area (Å²) in [5.74, 6) is 3.19. The van der Waals surface area contributed by atoms with Gasteiger partial charge in [-0.3, -0.25) is 0 Å².